The molecule has 94 valence electrons. The van der Waals surface area contributed by atoms with Crippen molar-refractivity contribution in [3.05, 3.63) is 34.2 Å². The molecule has 1 atom stereocenters. The standard InChI is InChI=1S/C12H19N3O2/c1-9(7-8-15(2)3)13-12(17)10-5-4-6-11(16)14-10/h4-6,9H,7-8H2,1-3H3,(H,13,17)(H,14,16). The number of aromatic nitrogens is 1. The molecule has 1 amide bonds. The Morgan fingerprint density at radius 2 is 2.18 bits per heavy atom. The van der Waals surface area contributed by atoms with Crippen LogP contribution in [0.2, 0.25) is 0 Å². The first-order valence-corrected chi connectivity index (χ1v) is 5.64. The highest BCUT2D eigenvalue weighted by atomic mass is 16.2. The van der Waals surface area contributed by atoms with Crippen molar-refractivity contribution >= 4 is 5.91 Å². The van der Waals surface area contributed by atoms with Crippen molar-refractivity contribution in [2.75, 3.05) is 20.6 Å². The van der Waals surface area contributed by atoms with Gasteiger partial charge in [0.1, 0.15) is 5.69 Å². The Hall–Kier alpha value is -1.62. The van der Waals surface area contributed by atoms with Crippen LogP contribution in [0.3, 0.4) is 0 Å². The summed E-state index contributed by atoms with van der Waals surface area (Å²) >= 11 is 0. The lowest BCUT2D eigenvalue weighted by Crippen LogP contribution is -2.35. The molecular weight excluding hydrogens is 218 g/mol. The molecule has 0 aromatic carbocycles. The van der Waals surface area contributed by atoms with Crippen molar-refractivity contribution in [1.29, 1.82) is 0 Å². The highest BCUT2D eigenvalue weighted by Gasteiger charge is 2.10. The largest absolute Gasteiger partial charge is 0.348 e. The zero-order valence-corrected chi connectivity index (χ0v) is 10.5. The van der Waals surface area contributed by atoms with Crippen molar-refractivity contribution in [3.8, 4) is 0 Å². The molecule has 1 rings (SSSR count). The molecule has 17 heavy (non-hydrogen) atoms. The lowest BCUT2D eigenvalue weighted by atomic mass is 10.2. The Morgan fingerprint density at radius 3 is 2.76 bits per heavy atom. The van der Waals surface area contributed by atoms with E-state index in [2.05, 4.69) is 15.2 Å². The molecule has 5 heteroatoms. The number of aromatic amines is 1. The van der Waals surface area contributed by atoms with Crippen LogP contribution in [0.15, 0.2) is 23.0 Å². The van der Waals surface area contributed by atoms with Crippen LogP contribution >= 0.6 is 0 Å². The first-order chi connectivity index (χ1) is 7.99. The minimum absolute atomic E-state index is 0.0774. The second-order valence-corrected chi connectivity index (χ2v) is 4.40. The van der Waals surface area contributed by atoms with E-state index in [4.69, 9.17) is 0 Å². The summed E-state index contributed by atoms with van der Waals surface area (Å²) in [6.45, 7) is 2.86. The fraction of sp³-hybridized carbons (Fsp3) is 0.500. The third-order valence-electron chi connectivity index (χ3n) is 2.40. The van der Waals surface area contributed by atoms with E-state index in [1.165, 1.54) is 6.07 Å². The third-order valence-corrected chi connectivity index (χ3v) is 2.40. The molecule has 0 radical (unpaired) electrons. The molecule has 0 bridgehead atoms. The minimum Gasteiger partial charge on any atom is -0.348 e. The van der Waals surface area contributed by atoms with Crippen LogP contribution in [0, 0.1) is 0 Å². The van der Waals surface area contributed by atoms with E-state index >= 15 is 0 Å². The predicted molar refractivity (Wildman–Crippen MR) is 67.2 cm³/mol. The first kappa shape index (κ1) is 13.4. The van der Waals surface area contributed by atoms with E-state index in [1.807, 2.05) is 21.0 Å². The SMILES string of the molecule is CC(CCN(C)C)NC(=O)c1cccc(=O)[nH]1. The Morgan fingerprint density at radius 1 is 1.47 bits per heavy atom. The topological polar surface area (TPSA) is 65.2 Å². The summed E-state index contributed by atoms with van der Waals surface area (Å²) < 4.78 is 0. The lowest BCUT2D eigenvalue weighted by Gasteiger charge is -2.16. The van der Waals surface area contributed by atoms with Gasteiger partial charge >= 0.3 is 0 Å². The minimum atomic E-state index is -0.265. The molecule has 0 aliphatic rings. The van der Waals surface area contributed by atoms with Gasteiger partial charge in [-0.15, -0.1) is 0 Å². The Balaban J connectivity index is 2.52. The van der Waals surface area contributed by atoms with Gasteiger partial charge in [0.2, 0.25) is 5.56 Å². The Labute approximate surface area is 101 Å². The molecule has 0 saturated heterocycles. The van der Waals surface area contributed by atoms with Gasteiger partial charge in [0.25, 0.3) is 5.91 Å². The number of H-pyrrole nitrogens is 1. The fourth-order valence-electron chi connectivity index (χ4n) is 1.41. The van der Waals surface area contributed by atoms with E-state index in [0.29, 0.717) is 5.69 Å². The summed E-state index contributed by atoms with van der Waals surface area (Å²) in [7, 11) is 3.98. The molecular formula is C12H19N3O2. The van der Waals surface area contributed by atoms with Gasteiger partial charge in [-0.1, -0.05) is 6.07 Å². The quantitative estimate of drug-likeness (QED) is 0.781. The highest BCUT2D eigenvalue weighted by molar-refractivity contribution is 5.92. The normalized spacial score (nSPS) is 12.5. The number of hydrogen-bond donors (Lipinski definition) is 2. The summed E-state index contributed by atoms with van der Waals surface area (Å²) in [5.41, 5.74) is 0.0350. The van der Waals surface area contributed by atoms with Crippen molar-refractivity contribution < 1.29 is 4.79 Å². The number of hydrogen-bond acceptors (Lipinski definition) is 3. The summed E-state index contributed by atoms with van der Waals surface area (Å²) in [6, 6.07) is 4.62. The zero-order chi connectivity index (χ0) is 12.8. The van der Waals surface area contributed by atoms with Gasteiger partial charge in [-0.05, 0) is 40.1 Å². The van der Waals surface area contributed by atoms with Crippen LogP contribution in [0.1, 0.15) is 23.8 Å². The van der Waals surface area contributed by atoms with E-state index < -0.39 is 0 Å². The van der Waals surface area contributed by atoms with Crippen molar-refractivity contribution in [1.82, 2.24) is 15.2 Å². The Kier molecular flexibility index (Phi) is 4.90. The molecule has 5 nitrogen and oxygen atoms in total. The second kappa shape index (κ2) is 6.20. The molecule has 2 N–H and O–H groups in total. The molecule has 1 aromatic heterocycles. The number of carbonyl (C=O) groups is 1. The van der Waals surface area contributed by atoms with Gasteiger partial charge in [-0.2, -0.15) is 0 Å². The Bertz CT molecular complexity index is 426. The van der Waals surface area contributed by atoms with E-state index in [1.54, 1.807) is 12.1 Å². The lowest BCUT2D eigenvalue weighted by molar-refractivity contribution is 0.0931. The van der Waals surface area contributed by atoms with Crippen molar-refractivity contribution in [2.45, 2.75) is 19.4 Å². The maximum absolute atomic E-state index is 11.8. The van der Waals surface area contributed by atoms with Crippen LogP contribution in [-0.4, -0.2) is 42.5 Å². The summed E-state index contributed by atoms with van der Waals surface area (Å²) in [4.78, 5) is 27.4. The summed E-state index contributed by atoms with van der Waals surface area (Å²) in [6.07, 6.45) is 0.871. The van der Waals surface area contributed by atoms with Crippen LogP contribution < -0.4 is 10.9 Å². The van der Waals surface area contributed by atoms with Crippen molar-refractivity contribution in [2.24, 2.45) is 0 Å². The van der Waals surface area contributed by atoms with E-state index in [-0.39, 0.29) is 17.5 Å². The fourth-order valence-corrected chi connectivity index (χ4v) is 1.41. The predicted octanol–water partition coefficient (Wildman–Crippen LogP) is 0.445. The molecule has 1 aromatic rings. The number of nitrogens with zero attached hydrogens (tertiary/aromatic N) is 1. The first-order valence-electron chi connectivity index (χ1n) is 5.64. The third kappa shape index (κ3) is 4.82. The molecule has 1 heterocycles. The van der Waals surface area contributed by atoms with Crippen molar-refractivity contribution in [3.63, 3.8) is 0 Å². The maximum atomic E-state index is 11.8. The zero-order valence-electron chi connectivity index (χ0n) is 10.5. The smallest absolute Gasteiger partial charge is 0.268 e. The summed E-state index contributed by atoms with van der Waals surface area (Å²) in [5.74, 6) is -0.242. The average molecular weight is 237 g/mol. The molecule has 0 spiro atoms. The highest BCUT2D eigenvalue weighted by Crippen LogP contribution is 1.96. The van der Waals surface area contributed by atoms with Gasteiger partial charge < -0.3 is 15.2 Å². The van der Waals surface area contributed by atoms with Gasteiger partial charge in [-0.3, -0.25) is 9.59 Å². The monoisotopic (exact) mass is 237 g/mol. The van der Waals surface area contributed by atoms with Gasteiger partial charge in [0, 0.05) is 12.1 Å². The molecule has 0 saturated carbocycles. The molecule has 1 unspecified atom stereocenters. The van der Waals surface area contributed by atoms with Crippen LogP contribution in [0.4, 0.5) is 0 Å². The molecule has 0 fully saturated rings. The van der Waals surface area contributed by atoms with Gasteiger partial charge in [-0.25, -0.2) is 0 Å². The maximum Gasteiger partial charge on any atom is 0.268 e. The van der Waals surface area contributed by atoms with Crippen LogP contribution in [0.25, 0.3) is 0 Å². The molecule has 0 aliphatic heterocycles. The average Bonchev–Trinajstić information content (AvgIpc) is 2.26. The van der Waals surface area contributed by atoms with Gasteiger partial charge in [0.15, 0.2) is 0 Å². The number of nitrogens with one attached hydrogen (secondary N) is 2. The van der Waals surface area contributed by atoms with Gasteiger partial charge in [0.05, 0.1) is 0 Å². The molecule has 0 aliphatic carbocycles. The van der Waals surface area contributed by atoms with Crippen LogP contribution in [0.5, 0.6) is 0 Å². The summed E-state index contributed by atoms with van der Waals surface area (Å²) in [5, 5.41) is 2.84. The number of rotatable bonds is 5. The van der Waals surface area contributed by atoms with E-state index in [0.717, 1.165) is 13.0 Å². The van der Waals surface area contributed by atoms with Crippen LogP contribution in [-0.2, 0) is 0 Å². The second-order valence-electron chi connectivity index (χ2n) is 4.40. The number of amides is 1. The van der Waals surface area contributed by atoms with E-state index in [9.17, 15) is 9.59 Å². The number of carbonyl (C=O) groups excluding carboxylic acids is 1. The number of pyridine rings is 1.